The fourth-order valence-electron chi connectivity index (χ4n) is 3.15. The van der Waals surface area contributed by atoms with Crippen LogP contribution in [0.2, 0.25) is 0 Å². The first-order chi connectivity index (χ1) is 8.92. The first-order valence-electron chi connectivity index (χ1n) is 7.38. The van der Waals surface area contributed by atoms with Crippen molar-refractivity contribution >= 4 is 0 Å². The first kappa shape index (κ1) is 12.2. The molecule has 4 nitrogen and oxygen atoms in total. The second kappa shape index (κ2) is 5.85. The Balaban J connectivity index is 1.58. The van der Waals surface area contributed by atoms with Crippen LogP contribution < -0.4 is 5.32 Å². The van der Waals surface area contributed by atoms with E-state index in [1.54, 1.807) is 0 Å². The second-order valence-electron chi connectivity index (χ2n) is 5.65. The molecule has 3 rings (SSSR count). The standard InChI is InChI=1S/C14H24N4/c1-2-4-12(5-3-1)14-16-10-13(17-14)11-18-8-6-15-7-9-18/h10,12,15H,1-9,11H2,(H,16,17). The van der Waals surface area contributed by atoms with Gasteiger partial charge >= 0.3 is 0 Å². The van der Waals surface area contributed by atoms with Crippen LogP contribution in [-0.4, -0.2) is 41.0 Å². The normalized spacial score (nSPS) is 23.3. The van der Waals surface area contributed by atoms with Crippen LogP contribution in [0.5, 0.6) is 0 Å². The van der Waals surface area contributed by atoms with E-state index in [0.717, 1.165) is 32.7 Å². The SMILES string of the molecule is c1nc(C2CCCCC2)[nH]c1CN1CCNCC1. The first-order valence-corrected chi connectivity index (χ1v) is 7.38. The molecule has 0 bridgehead atoms. The topological polar surface area (TPSA) is 44.0 Å². The summed E-state index contributed by atoms with van der Waals surface area (Å²) in [6, 6.07) is 0. The number of H-pyrrole nitrogens is 1. The Hall–Kier alpha value is -0.870. The monoisotopic (exact) mass is 248 g/mol. The molecular formula is C14H24N4. The van der Waals surface area contributed by atoms with Crippen molar-refractivity contribution in [1.29, 1.82) is 0 Å². The highest BCUT2D eigenvalue weighted by Gasteiger charge is 2.19. The highest BCUT2D eigenvalue weighted by atomic mass is 15.2. The Morgan fingerprint density at radius 2 is 1.94 bits per heavy atom. The van der Waals surface area contributed by atoms with Crippen LogP contribution in [0.15, 0.2) is 6.20 Å². The molecule has 0 radical (unpaired) electrons. The number of nitrogens with one attached hydrogen (secondary N) is 2. The highest BCUT2D eigenvalue weighted by molar-refractivity contribution is 5.06. The molecule has 1 saturated carbocycles. The lowest BCUT2D eigenvalue weighted by Crippen LogP contribution is -2.42. The van der Waals surface area contributed by atoms with E-state index in [2.05, 4.69) is 20.2 Å². The number of nitrogens with zero attached hydrogens (tertiary/aromatic N) is 2. The van der Waals surface area contributed by atoms with Crippen molar-refractivity contribution in [2.24, 2.45) is 0 Å². The van der Waals surface area contributed by atoms with Crippen LogP contribution in [0.3, 0.4) is 0 Å². The zero-order valence-electron chi connectivity index (χ0n) is 11.1. The zero-order chi connectivity index (χ0) is 12.2. The van der Waals surface area contributed by atoms with E-state index in [1.165, 1.54) is 43.6 Å². The summed E-state index contributed by atoms with van der Waals surface area (Å²) in [5.74, 6) is 1.93. The quantitative estimate of drug-likeness (QED) is 0.858. The Morgan fingerprint density at radius 1 is 1.17 bits per heavy atom. The fourth-order valence-corrected chi connectivity index (χ4v) is 3.15. The van der Waals surface area contributed by atoms with Gasteiger partial charge in [0.1, 0.15) is 5.82 Å². The third-order valence-electron chi connectivity index (χ3n) is 4.24. The molecule has 2 aliphatic rings. The number of aromatic nitrogens is 2. The molecule has 0 unspecified atom stereocenters. The summed E-state index contributed by atoms with van der Waals surface area (Å²) in [4.78, 5) is 10.7. The largest absolute Gasteiger partial charge is 0.345 e. The molecule has 4 heteroatoms. The van der Waals surface area contributed by atoms with Gasteiger partial charge in [0.15, 0.2) is 0 Å². The zero-order valence-corrected chi connectivity index (χ0v) is 11.1. The van der Waals surface area contributed by atoms with E-state index < -0.39 is 0 Å². The predicted molar refractivity (Wildman–Crippen MR) is 72.6 cm³/mol. The molecular weight excluding hydrogens is 224 g/mol. The van der Waals surface area contributed by atoms with E-state index in [4.69, 9.17) is 0 Å². The van der Waals surface area contributed by atoms with Gasteiger partial charge in [0, 0.05) is 50.5 Å². The van der Waals surface area contributed by atoms with Crippen molar-refractivity contribution in [3.05, 3.63) is 17.7 Å². The summed E-state index contributed by atoms with van der Waals surface area (Å²) in [5, 5.41) is 3.39. The van der Waals surface area contributed by atoms with Crippen molar-refractivity contribution in [3.8, 4) is 0 Å². The molecule has 0 atom stereocenters. The molecule has 1 aromatic heterocycles. The minimum atomic E-state index is 0.690. The van der Waals surface area contributed by atoms with Crippen LogP contribution in [0, 0.1) is 0 Å². The predicted octanol–water partition coefficient (Wildman–Crippen LogP) is 1.86. The van der Waals surface area contributed by atoms with E-state index in [-0.39, 0.29) is 0 Å². The summed E-state index contributed by atoms with van der Waals surface area (Å²) in [6.45, 7) is 5.56. The lowest BCUT2D eigenvalue weighted by atomic mass is 9.89. The van der Waals surface area contributed by atoms with Crippen LogP contribution in [0.1, 0.15) is 49.5 Å². The maximum atomic E-state index is 4.61. The van der Waals surface area contributed by atoms with Crippen LogP contribution in [0.25, 0.3) is 0 Å². The maximum Gasteiger partial charge on any atom is 0.109 e. The van der Waals surface area contributed by atoms with Gasteiger partial charge in [-0.25, -0.2) is 4.98 Å². The van der Waals surface area contributed by atoms with Crippen LogP contribution in [0.4, 0.5) is 0 Å². The summed E-state index contributed by atoms with van der Waals surface area (Å²) in [6.07, 6.45) is 8.84. The Morgan fingerprint density at radius 3 is 2.72 bits per heavy atom. The van der Waals surface area contributed by atoms with E-state index in [0.29, 0.717) is 5.92 Å². The van der Waals surface area contributed by atoms with Gasteiger partial charge in [-0.1, -0.05) is 19.3 Å². The molecule has 1 aliphatic carbocycles. The van der Waals surface area contributed by atoms with Gasteiger partial charge in [0.05, 0.1) is 0 Å². The average Bonchev–Trinajstić information content (AvgIpc) is 2.89. The third kappa shape index (κ3) is 2.93. The van der Waals surface area contributed by atoms with Gasteiger partial charge < -0.3 is 10.3 Å². The van der Waals surface area contributed by atoms with Gasteiger partial charge in [-0.05, 0) is 12.8 Å². The van der Waals surface area contributed by atoms with Crippen molar-refractivity contribution in [1.82, 2.24) is 20.2 Å². The molecule has 1 aliphatic heterocycles. The highest BCUT2D eigenvalue weighted by Crippen LogP contribution is 2.30. The molecule has 0 spiro atoms. The summed E-state index contributed by atoms with van der Waals surface area (Å²) >= 11 is 0. The molecule has 100 valence electrons. The fraction of sp³-hybridized carbons (Fsp3) is 0.786. The van der Waals surface area contributed by atoms with Gasteiger partial charge in [-0.2, -0.15) is 0 Å². The molecule has 1 saturated heterocycles. The van der Waals surface area contributed by atoms with Gasteiger partial charge in [-0.3, -0.25) is 4.90 Å². The van der Waals surface area contributed by atoms with Gasteiger partial charge in [0.25, 0.3) is 0 Å². The van der Waals surface area contributed by atoms with Crippen LogP contribution in [-0.2, 0) is 6.54 Å². The lowest BCUT2D eigenvalue weighted by molar-refractivity contribution is 0.231. The van der Waals surface area contributed by atoms with Crippen molar-refractivity contribution in [2.45, 2.75) is 44.6 Å². The van der Waals surface area contributed by atoms with Gasteiger partial charge in [-0.15, -0.1) is 0 Å². The van der Waals surface area contributed by atoms with E-state index in [1.807, 2.05) is 6.20 Å². The van der Waals surface area contributed by atoms with E-state index >= 15 is 0 Å². The van der Waals surface area contributed by atoms with Gasteiger partial charge in [0.2, 0.25) is 0 Å². The molecule has 18 heavy (non-hydrogen) atoms. The second-order valence-corrected chi connectivity index (χ2v) is 5.65. The molecule has 0 amide bonds. The Labute approximate surface area is 109 Å². The summed E-state index contributed by atoms with van der Waals surface area (Å²) in [5.41, 5.74) is 1.29. The Kier molecular flexibility index (Phi) is 3.96. The Bertz CT molecular complexity index is 362. The molecule has 2 heterocycles. The summed E-state index contributed by atoms with van der Waals surface area (Å²) in [7, 11) is 0. The molecule has 1 aromatic rings. The number of imidazole rings is 1. The number of hydrogen-bond donors (Lipinski definition) is 2. The molecule has 0 aromatic carbocycles. The number of hydrogen-bond acceptors (Lipinski definition) is 3. The van der Waals surface area contributed by atoms with E-state index in [9.17, 15) is 0 Å². The third-order valence-corrected chi connectivity index (χ3v) is 4.24. The van der Waals surface area contributed by atoms with Crippen LogP contribution >= 0.6 is 0 Å². The number of piperazine rings is 1. The van der Waals surface area contributed by atoms with Crippen molar-refractivity contribution in [3.63, 3.8) is 0 Å². The number of aromatic amines is 1. The number of rotatable bonds is 3. The minimum Gasteiger partial charge on any atom is -0.345 e. The molecule has 2 fully saturated rings. The average molecular weight is 248 g/mol. The van der Waals surface area contributed by atoms with Crippen molar-refractivity contribution in [2.75, 3.05) is 26.2 Å². The minimum absolute atomic E-state index is 0.690. The maximum absolute atomic E-state index is 4.61. The smallest absolute Gasteiger partial charge is 0.109 e. The van der Waals surface area contributed by atoms with Crippen molar-refractivity contribution < 1.29 is 0 Å². The summed E-state index contributed by atoms with van der Waals surface area (Å²) < 4.78 is 0. The lowest BCUT2D eigenvalue weighted by Gasteiger charge is -2.26. The molecule has 2 N–H and O–H groups in total.